The Morgan fingerprint density at radius 3 is 3.22 bits per heavy atom. The third kappa shape index (κ3) is 3.06. The Labute approximate surface area is 109 Å². The second kappa shape index (κ2) is 6.48. The molecule has 1 saturated heterocycles. The molecule has 0 aromatic carbocycles. The minimum Gasteiger partial charge on any atom is -0.318 e. The first-order chi connectivity index (χ1) is 8.85. The lowest BCUT2D eigenvalue weighted by Gasteiger charge is -2.35. The van der Waals surface area contributed by atoms with Gasteiger partial charge >= 0.3 is 0 Å². The molecule has 1 unspecified atom stereocenters. The van der Waals surface area contributed by atoms with E-state index in [9.17, 15) is 0 Å². The maximum absolute atomic E-state index is 9.07. The van der Waals surface area contributed by atoms with Gasteiger partial charge in [0.2, 0.25) is 0 Å². The minimum absolute atomic E-state index is 0.561. The molecule has 0 radical (unpaired) electrons. The molecule has 1 aliphatic rings. The molecule has 1 atom stereocenters. The van der Waals surface area contributed by atoms with Crippen molar-refractivity contribution in [2.45, 2.75) is 31.8 Å². The lowest BCUT2D eigenvalue weighted by molar-refractivity contribution is 0.139. The highest BCUT2D eigenvalue weighted by atomic mass is 15.2. The first kappa shape index (κ1) is 13.0. The fraction of sp³-hybridized carbons (Fsp3) is 0.571. The Bertz CT molecular complexity index is 422. The van der Waals surface area contributed by atoms with Crippen LogP contribution in [0.4, 0.5) is 0 Å². The van der Waals surface area contributed by atoms with E-state index in [0.29, 0.717) is 11.7 Å². The van der Waals surface area contributed by atoms with Gasteiger partial charge in [-0.15, -0.1) is 0 Å². The normalized spacial score (nSPS) is 20.6. The Balaban J connectivity index is 2.09. The van der Waals surface area contributed by atoms with Gasteiger partial charge in [0.1, 0.15) is 11.8 Å². The highest BCUT2D eigenvalue weighted by Crippen LogP contribution is 2.19. The van der Waals surface area contributed by atoms with Crippen molar-refractivity contribution in [2.75, 3.05) is 20.1 Å². The van der Waals surface area contributed by atoms with E-state index in [1.54, 1.807) is 6.20 Å². The molecule has 4 heteroatoms. The van der Waals surface area contributed by atoms with Crippen molar-refractivity contribution in [2.24, 2.45) is 0 Å². The smallest absolute Gasteiger partial charge is 0.144 e. The summed E-state index contributed by atoms with van der Waals surface area (Å²) in [7, 11) is 2.00. The lowest BCUT2D eigenvalue weighted by Crippen LogP contribution is -2.44. The van der Waals surface area contributed by atoms with Gasteiger partial charge in [-0.3, -0.25) is 4.90 Å². The largest absolute Gasteiger partial charge is 0.318 e. The topological polar surface area (TPSA) is 52.0 Å². The molecule has 1 aromatic rings. The van der Waals surface area contributed by atoms with E-state index in [1.807, 2.05) is 19.2 Å². The van der Waals surface area contributed by atoms with E-state index in [0.717, 1.165) is 25.2 Å². The third-order valence-corrected chi connectivity index (χ3v) is 3.56. The Kier molecular flexibility index (Phi) is 4.68. The van der Waals surface area contributed by atoms with Crippen LogP contribution in [0.5, 0.6) is 0 Å². The molecule has 2 rings (SSSR count). The predicted molar refractivity (Wildman–Crippen MR) is 70.9 cm³/mol. The number of nitrogens with one attached hydrogen (secondary N) is 1. The van der Waals surface area contributed by atoms with Gasteiger partial charge in [-0.25, -0.2) is 4.98 Å². The van der Waals surface area contributed by atoms with Crippen molar-refractivity contribution in [3.8, 4) is 6.07 Å². The van der Waals surface area contributed by atoms with Gasteiger partial charge in [-0.1, -0.05) is 12.5 Å². The number of likely N-dealkylation sites (tertiary alicyclic amines) is 1. The Hall–Kier alpha value is -1.44. The zero-order valence-electron chi connectivity index (χ0n) is 10.9. The van der Waals surface area contributed by atoms with E-state index in [1.165, 1.54) is 19.3 Å². The van der Waals surface area contributed by atoms with Gasteiger partial charge in [0.05, 0.1) is 0 Å². The molecule has 2 heterocycles. The van der Waals surface area contributed by atoms with Gasteiger partial charge in [0, 0.05) is 30.9 Å². The van der Waals surface area contributed by atoms with Crippen LogP contribution in [0.3, 0.4) is 0 Å². The molecular weight excluding hydrogens is 224 g/mol. The number of likely N-dealkylation sites (N-methyl/N-ethyl adjacent to an activating group) is 1. The summed E-state index contributed by atoms with van der Waals surface area (Å²) in [4.78, 5) is 6.60. The zero-order valence-corrected chi connectivity index (χ0v) is 10.9. The summed E-state index contributed by atoms with van der Waals surface area (Å²) in [5, 5.41) is 12.3. The molecule has 1 aromatic heterocycles. The standard InChI is InChI=1S/C14H20N4/c1-16-10-13-6-2-3-8-18(13)11-12-5-4-7-17-14(12)9-15/h4-5,7,13,16H,2-3,6,8,10-11H2,1H3. The van der Waals surface area contributed by atoms with Crippen molar-refractivity contribution in [1.29, 1.82) is 5.26 Å². The van der Waals surface area contributed by atoms with E-state index in [2.05, 4.69) is 21.3 Å². The van der Waals surface area contributed by atoms with Crippen LogP contribution in [-0.2, 0) is 6.54 Å². The lowest BCUT2D eigenvalue weighted by atomic mass is 10.0. The second-order valence-electron chi connectivity index (χ2n) is 4.80. The average molecular weight is 244 g/mol. The van der Waals surface area contributed by atoms with Crippen LogP contribution < -0.4 is 5.32 Å². The summed E-state index contributed by atoms with van der Waals surface area (Å²) in [5.41, 5.74) is 1.61. The van der Waals surface area contributed by atoms with E-state index in [4.69, 9.17) is 5.26 Å². The van der Waals surface area contributed by atoms with E-state index >= 15 is 0 Å². The molecule has 0 spiro atoms. The minimum atomic E-state index is 0.561. The number of nitrogens with zero attached hydrogens (tertiary/aromatic N) is 3. The number of hydrogen-bond acceptors (Lipinski definition) is 4. The monoisotopic (exact) mass is 244 g/mol. The molecule has 1 aliphatic heterocycles. The number of aromatic nitrogens is 1. The molecule has 1 fully saturated rings. The maximum atomic E-state index is 9.07. The van der Waals surface area contributed by atoms with Crippen LogP contribution in [0.15, 0.2) is 18.3 Å². The fourth-order valence-electron chi connectivity index (χ4n) is 2.62. The molecule has 0 amide bonds. The number of pyridine rings is 1. The van der Waals surface area contributed by atoms with Crippen LogP contribution in [0.25, 0.3) is 0 Å². The summed E-state index contributed by atoms with van der Waals surface area (Å²) < 4.78 is 0. The number of rotatable bonds is 4. The highest BCUT2D eigenvalue weighted by molar-refractivity contribution is 5.30. The second-order valence-corrected chi connectivity index (χ2v) is 4.80. The predicted octanol–water partition coefficient (Wildman–Crippen LogP) is 1.53. The molecule has 96 valence electrons. The molecule has 4 nitrogen and oxygen atoms in total. The quantitative estimate of drug-likeness (QED) is 0.872. The van der Waals surface area contributed by atoms with Crippen molar-refractivity contribution in [3.05, 3.63) is 29.6 Å². The van der Waals surface area contributed by atoms with Crippen LogP contribution in [0, 0.1) is 11.3 Å². The van der Waals surface area contributed by atoms with Gasteiger partial charge in [-0.05, 0) is 32.5 Å². The van der Waals surface area contributed by atoms with Crippen LogP contribution in [-0.4, -0.2) is 36.1 Å². The maximum Gasteiger partial charge on any atom is 0.144 e. The van der Waals surface area contributed by atoms with Crippen molar-refractivity contribution < 1.29 is 0 Å². The molecule has 0 bridgehead atoms. The molecule has 0 saturated carbocycles. The summed E-state index contributed by atoms with van der Waals surface area (Å²) >= 11 is 0. The fourth-order valence-corrected chi connectivity index (χ4v) is 2.62. The van der Waals surface area contributed by atoms with Gasteiger partial charge in [0.15, 0.2) is 0 Å². The third-order valence-electron chi connectivity index (χ3n) is 3.56. The summed E-state index contributed by atoms with van der Waals surface area (Å²) in [5.74, 6) is 0. The van der Waals surface area contributed by atoms with E-state index in [-0.39, 0.29) is 0 Å². The Morgan fingerprint density at radius 2 is 2.44 bits per heavy atom. The molecule has 1 N–H and O–H groups in total. The summed E-state index contributed by atoms with van der Waals surface area (Å²) in [6.45, 7) is 2.97. The molecule has 18 heavy (non-hydrogen) atoms. The van der Waals surface area contributed by atoms with Crippen LogP contribution in [0.2, 0.25) is 0 Å². The van der Waals surface area contributed by atoms with Crippen molar-refractivity contribution in [3.63, 3.8) is 0 Å². The Morgan fingerprint density at radius 1 is 1.56 bits per heavy atom. The first-order valence-electron chi connectivity index (χ1n) is 6.58. The van der Waals surface area contributed by atoms with Gasteiger partial charge < -0.3 is 5.32 Å². The number of piperidine rings is 1. The molecule has 0 aliphatic carbocycles. The van der Waals surface area contributed by atoms with Crippen LogP contribution in [0.1, 0.15) is 30.5 Å². The molecular formula is C14H20N4. The summed E-state index contributed by atoms with van der Waals surface area (Å²) in [6, 6.07) is 6.68. The van der Waals surface area contributed by atoms with Crippen molar-refractivity contribution in [1.82, 2.24) is 15.2 Å². The SMILES string of the molecule is CNCC1CCCCN1Cc1cccnc1C#N. The van der Waals surface area contributed by atoms with Gasteiger partial charge in [-0.2, -0.15) is 5.26 Å². The zero-order chi connectivity index (χ0) is 12.8. The number of nitriles is 1. The van der Waals surface area contributed by atoms with E-state index < -0.39 is 0 Å². The van der Waals surface area contributed by atoms with Crippen molar-refractivity contribution >= 4 is 0 Å². The summed E-state index contributed by atoms with van der Waals surface area (Å²) in [6.07, 6.45) is 5.48. The first-order valence-corrected chi connectivity index (χ1v) is 6.58. The van der Waals surface area contributed by atoms with Crippen LogP contribution >= 0.6 is 0 Å². The highest BCUT2D eigenvalue weighted by Gasteiger charge is 2.22. The van der Waals surface area contributed by atoms with Gasteiger partial charge in [0.25, 0.3) is 0 Å². The average Bonchev–Trinajstić information content (AvgIpc) is 2.42. The number of hydrogen-bond donors (Lipinski definition) is 1.